The van der Waals surface area contributed by atoms with Gasteiger partial charge in [0, 0.05) is 25.6 Å². The standard InChI is InChI=1S/C17H21NO2/c1-13(2)14-6-8-15(9-7-14)17(19)18(3)11-10-16-5-4-12-20-16/h4-9,12-13H,10-11H2,1-3H3. The Kier molecular flexibility index (Phi) is 4.61. The van der Waals surface area contributed by atoms with Crippen molar-refractivity contribution in [3.05, 3.63) is 59.5 Å². The van der Waals surface area contributed by atoms with Gasteiger partial charge in [-0.05, 0) is 35.7 Å². The van der Waals surface area contributed by atoms with E-state index in [0.29, 0.717) is 12.5 Å². The number of likely N-dealkylation sites (N-methyl/N-ethyl adjacent to an activating group) is 1. The van der Waals surface area contributed by atoms with Crippen LogP contribution in [0.2, 0.25) is 0 Å². The lowest BCUT2D eigenvalue weighted by atomic mass is 10.0. The molecule has 0 bridgehead atoms. The lowest BCUT2D eigenvalue weighted by molar-refractivity contribution is 0.0795. The Morgan fingerprint density at radius 3 is 2.45 bits per heavy atom. The Hall–Kier alpha value is -2.03. The van der Waals surface area contributed by atoms with Gasteiger partial charge in [0.2, 0.25) is 0 Å². The first kappa shape index (κ1) is 14.4. The van der Waals surface area contributed by atoms with Crippen LogP contribution in [0.15, 0.2) is 47.1 Å². The highest BCUT2D eigenvalue weighted by atomic mass is 16.3. The summed E-state index contributed by atoms with van der Waals surface area (Å²) in [5.74, 6) is 1.43. The van der Waals surface area contributed by atoms with E-state index >= 15 is 0 Å². The Morgan fingerprint density at radius 1 is 1.20 bits per heavy atom. The van der Waals surface area contributed by atoms with E-state index < -0.39 is 0 Å². The first-order valence-corrected chi connectivity index (χ1v) is 6.95. The van der Waals surface area contributed by atoms with Crippen molar-refractivity contribution in [3.8, 4) is 0 Å². The van der Waals surface area contributed by atoms with Gasteiger partial charge in [0.25, 0.3) is 5.91 Å². The molecular weight excluding hydrogens is 250 g/mol. The van der Waals surface area contributed by atoms with E-state index in [1.54, 1.807) is 11.2 Å². The molecule has 0 aliphatic heterocycles. The molecule has 0 saturated heterocycles. The molecule has 2 aromatic rings. The minimum absolute atomic E-state index is 0.0480. The fourth-order valence-electron chi connectivity index (χ4n) is 2.07. The van der Waals surface area contributed by atoms with Gasteiger partial charge in [-0.25, -0.2) is 0 Å². The van der Waals surface area contributed by atoms with Gasteiger partial charge in [0.15, 0.2) is 0 Å². The van der Waals surface area contributed by atoms with E-state index in [4.69, 9.17) is 4.42 Å². The molecule has 1 aromatic carbocycles. The third-order valence-electron chi connectivity index (χ3n) is 3.44. The molecule has 0 radical (unpaired) electrons. The fourth-order valence-corrected chi connectivity index (χ4v) is 2.07. The van der Waals surface area contributed by atoms with Gasteiger partial charge in [-0.2, -0.15) is 0 Å². The number of benzene rings is 1. The van der Waals surface area contributed by atoms with Gasteiger partial charge in [-0.1, -0.05) is 26.0 Å². The predicted molar refractivity (Wildman–Crippen MR) is 79.9 cm³/mol. The summed E-state index contributed by atoms with van der Waals surface area (Å²) in [6.45, 7) is 4.94. The summed E-state index contributed by atoms with van der Waals surface area (Å²) in [7, 11) is 1.82. The number of amides is 1. The first-order valence-electron chi connectivity index (χ1n) is 6.95. The molecule has 20 heavy (non-hydrogen) atoms. The number of hydrogen-bond donors (Lipinski definition) is 0. The molecule has 0 aliphatic rings. The van der Waals surface area contributed by atoms with Gasteiger partial charge in [-0.3, -0.25) is 4.79 Å². The number of furan rings is 1. The van der Waals surface area contributed by atoms with Crippen LogP contribution in [0.3, 0.4) is 0 Å². The largest absolute Gasteiger partial charge is 0.469 e. The van der Waals surface area contributed by atoms with E-state index in [0.717, 1.165) is 17.7 Å². The maximum Gasteiger partial charge on any atom is 0.253 e. The van der Waals surface area contributed by atoms with Crippen molar-refractivity contribution in [3.63, 3.8) is 0 Å². The Balaban J connectivity index is 1.95. The molecule has 106 valence electrons. The van der Waals surface area contributed by atoms with Gasteiger partial charge in [0.05, 0.1) is 6.26 Å². The van der Waals surface area contributed by atoms with Crippen LogP contribution in [-0.2, 0) is 6.42 Å². The third-order valence-corrected chi connectivity index (χ3v) is 3.44. The highest BCUT2D eigenvalue weighted by molar-refractivity contribution is 5.94. The van der Waals surface area contributed by atoms with Crippen molar-refractivity contribution in [2.75, 3.05) is 13.6 Å². The molecule has 0 saturated carbocycles. The molecule has 0 N–H and O–H groups in total. The second kappa shape index (κ2) is 6.42. The molecule has 0 unspecified atom stereocenters. The Morgan fingerprint density at radius 2 is 1.90 bits per heavy atom. The van der Waals surface area contributed by atoms with Crippen LogP contribution in [0.1, 0.15) is 41.4 Å². The van der Waals surface area contributed by atoms with Crippen molar-refractivity contribution in [1.29, 1.82) is 0 Å². The van der Waals surface area contributed by atoms with Crippen LogP contribution < -0.4 is 0 Å². The molecule has 3 nitrogen and oxygen atoms in total. The summed E-state index contributed by atoms with van der Waals surface area (Å²) in [4.78, 5) is 14.0. The second-order valence-corrected chi connectivity index (χ2v) is 5.33. The highest BCUT2D eigenvalue weighted by Gasteiger charge is 2.12. The van der Waals surface area contributed by atoms with Gasteiger partial charge >= 0.3 is 0 Å². The van der Waals surface area contributed by atoms with Crippen LogP contribution in [-0.4, -0.2) is 24.4 Å². The van der Waals surface area contributed by atoms with E-state index in [9.17, 15) is 4.79 Å². The average molecular weight is 271 g/mol. The molecule has 0 aliphatic carbocycles. The fraction of sp³-hybridized carbons (Fsp3) is 0.353. The normalized spacial score (nSPS) is 10.8. The lowest BCUT2D eigenvalue weighted by Gasteiger charge is -2.17. The third kappa shape index (κ3) is 3.50. The number of nitrogens with zero attached hydrogens (tertiary/aromatic N) is 1. The van der Waals surface area contributed by atoms with Crippen molar-refractivity contribution >= 4 is 5.91 Å². The molecule has 1 amide bonds. The maximum atomic E-state index is 12.3. The Labute approximate surface area is 120 Å². The highest BCUT2D eigenvalue weighted by Crippen LogP contribution is 2.15. The topological polar surface area (TPSA) is 33.5 Å². The summed E-state index contributed by atoms with van der Waals surface area (Å²) in [6.07, 6.45) is 2.39. The quantitative estimate of drug-likeness (QED) is 0.830. The van der Waals surface area contributed by atoms with Gasteiger partial charge < -0.3 is 9.32 Å². The van der Waals surface area contributed by atoms with Crippen molar-refractivity contribution in [2.45, 2.75) is 26.2 Å². The van der Waals surface area contributed by atoms with Gasteiger partial charge in [-0.15, -0.1) is 0 Å². The lowest BCUT2D eigenvalue weighted by Crippen LogP contribution is -2.28. The first-order chi connectivity index (χ1) is 9.58. The second-order valence-electron chi connectivity index (χ2n) is 5.33. The minimum Gasteiger partial charge on any atom is -0.469 e. The van der Waals surface area contributed by atoms with E-state index in [1.807, 2.05) is 43.4 Å². The zero-order valence-electron chi connectivity index (χ0n) is 12.3. The predicted octanol–water partition coefficient (Wildman–Crippen LogP) is 3.72. The summed E-state index contributed by atoms with van der Waals surface area (Å²) >= 11 is 0. The number of hydrogen-bond acceptors (Lipinski definition) is 2. The zero-order valence-corrected chi connectivity index (χ0v) is 12.3. The summed E-state index contributed by atoms with van der Waals surface area (Å²) in [5, 5.41) is 0. The van der Waals surface area contributed by atoms with Crippen LogP contribution in [0, 0.1) is 0 Å². The molecule has 1 aromatic heterocycles. The molecule has 0 spiro atoms. The van der Waals surface area contributed by atoms with Crippen molar-refractivity contribution in [2.24, 2.45) is 0 Å². The summed E-state index contributed by atoms with van der Waals surface area (Å²) in [6, 6.07) is 11.6. The number of carbonyl (C=O) groups excluding carboxylic acids is 1. The van der Waals surface area contributed by atoms with Gasteiger partial charge in [0.1, 0.15) is 5.76 Å². The van der Waals surface area contributed by atoms with E-state index in [1.165, 1.54) is 5.56 Å². The van der Waals surface area contributed by atoms with Crippen LogP contribution in [0.25, 0.3) is 0 Å². The maximum absolute atomic E-state index is 12.3. The minimum atomic E-state index is 0.0480. The summed E-state index contributed by atoms with van der Waals surface area (Å²) < 4.78 is 5.27. The molecule has 3 heteroatoms. The molecule has 0 fully saturated rings. The van der Waals surface area contributed by atoms with Crippen molar-refractivity contribution < 1.29 is 9.21 Å². The molecule has 2 rings (SSSR count). The molecular formula is C17H21NO2. The van der Waals surface area contributed by atoms with Crippen LogP contribution in [0.5, 0.6) is 0 Å². The van der Waals surface area contributed by atoms with E-state index in [2.05, 4.69) is 13.8 Å². The smallest absolute Gasteiger partial charge is 0.253 e. The molecule has 1 heterocycles. The average Bonchev–Trinajstić information content (AvgIpc) is 2.97. The summed E-state index contributed by atoms with van der Waals surface area (Å²) in [5.41, 5.74) is 1.98. The van der Waals surface area contributed by atoms with E-state index in [-0.39, 0.29) is 5.91 Å². The Bertz CT molecular complexity index is 541. The monoisotopic (exact) mass is 271 g/mol. The number of rotatable bonds is 5. The van der Waals surface area contributed by atoms with Crippen LogP contribution >= 0.6 is 0 Å². The SMILES string of the molecule is CC(C)c1ccc(C(=O)N(C)CCc2ccco2)cc1. The molecule has 0 atom stereocenters. The number of carbonyl (C=O) groups is 1. The zero-order chi connectivity index (χ0) is 14.5. The van der Waals surface area contributed by atoms with Crippen LogP contribution in [0.4, 0.5) is 0 Å². The van der Waals surface area contributed by atoms with Crippen molar-refractivity contribution in [1.82, 2.24) is 4.90 Å².